The highest BCUT2D eigenvalue weighted by molar-refractivity contribution is 6.30. The second-order valence-corrected chi connectivity index (χ2v) is 6.51. The van der Waals surface area contributed by atoms with E-state index in [0.717, 1.165) is 5.56 Å². The molecule has 0 atom stereocenters. The number of hydrogen-bond donors (Lipinski definition) is 2. The van der Waals surface area contributed by atoms with E-state index in [4.69, 9.17) is 16.7 Å². The topological polar surface area (TPSA) is 101 Å². The van der Waals surface area contributed by atoms with Crippen LogP contribution in [0.1, 0.15) is 31.8 Å². The van der Waals surface area contributed by atoms with Crippen molar-refractivity contribution in [2.75, 3.05) is 0 Å². The Labute approximate surface area is 170 Å². The zero-order valence-corrected chi connectivity index (χ0v) is 15.8. The van der Waals surface area contributed by atoms with Gasteiger partial charge in [-0.25, -0.2) is 10.2 Å². The molecule has 0 radical (unpaired) electrons. The summed E-state index contributed by atoms with van der Waals surface area (Å²) in [5.74, 6) is -1.80. The molecule has 3 aromatic rings. The molecular formula is C21H16ClN3O4. The van der Waals surface area contributed by atoms with Crippen molar-refractivity contribution < 1.29 is 14.7 Å². The lowest BCUT2D eigenvalue weighted by atomic mass is 10.1. The molecule has 0 unspecified atom stereocenters. The van der Waals surface area contributed by atoms with Gasteiger partial charge in [0.05, 0.1) is 18.3 Å². The fraction of sp³-hybridized carbons (Fsp3) is 0.0476. The number of aromatic carboxylic acids is 1. The number of hydrogen-bond acceptors (Lipinski definition) is 4. The van der Waals surface area contributed by atoms with Gasteiger partial charge in [0.25, 0.3) is 11.5 Å². The molecule has 146 valence electrons. The molecule has 3 rings (SSSR count). The van der Waals surface area contributed by atoms with Crippen LogP contribution >= 0.6 is 11.6 Å². The van der Waals surface area contributed by atoms with Crippen LogP contribution < -0.4 is 11.0 Å². The molecule has 0 spiro atoms. The van der Waals surface area contributed by atoms with Crippen LogP contribution in [0.15, 0.2) is 76.8 Å². The van der Waals surface area contributed by atoms with E-state index >= 15 is 0 Å². The van der Waals surface area contributed by atoms with E-state index in [1.807, 2.05) is 0 Å². The van der Waals surface area contributed by atoms with Gasteiger partial charge in [0.15, 0.2) is 0 Å². The Morgan fingerprint density at radius 1 is 1.03 bits per heavy atom. The molecule has 0 aliphatic rings. The maximum atomic E-state index is 12.6. The van der Waals surface area contributed by atoms with Crippen LogP contribution in [0.25, 0.3) is 0 Å². The van der Waals surface area contributed by atoms with Crippen molar-refractivity contribution in [1.82, 2.24) is 9.99 Å². The van der Waals surface area contributed by atoms with Gasteiger partial charge in [-0.05, 0) is 35.9 Å². The zero-order chi connectivity index (χ0) is 20.8. The molecular weight excluding hydrogens is 394 g/mol. The number of carbonyl (C=O) groups excluding carboxylic acids is 1. The molecule has 1 aromatic heterocycles. The van der Waals surface area contributed by atoms with E-state index in [2.05, 4.69) is 10.5 Å². The molecule has 0 fully saturated rings. The average Bonchev–Trinajstić information content (AvgIpc) is 2.71. The molecule has 0 aliphatic heterocycles. The number of nitrogens with one attached hydrogen (secondary N) is 1. The zero-order valence-electron chi connectivity index (χ0n) is 15.1. The third-order valence-electron chi connectivity index (χ3n) is 4.09. The fourth-order valence-corrected chi connectivity index (χ4v) is 2.77. The van der Waals surface area contributed by atoms with Crippen molar-refractivity contribution in [2.24, 2.45) is 5.10 Å². The summed E-state index contributed by atoms with van der Waals surface area (Å²) in [7, 11) is 0. The summed E-state index contributed by atoms with van der Waals surface area (Å²) < 4.78 is 1.40. The Morgan fingerprint density at radius 2 is 1.72 bits per heavy atom. The number of aromatic nitrogens is 1. The molecule has 1 heterocycles. The Hall–Kier alpha value is -3.71. The van der Waals surface area contributed by atoms with Gasteiger partial charge in [0.2, 0.25) is 0 Å². The lowest BCUT2D eigenvalue weighted by Crippen LogP contribution is -2.30. The summed E-state index contributed by atoms with van der Waals surface area (Å²) in [6.45, 7) is 0.284. The van der Waals surface area contributed by atoms with Gasteiger partial charge in [-0.15, -0.1) is 0 Å². The number of amides is 1. The van der Waals surface area contributed by atoms with E-state index in [9.17, 15) is 14.4 Å². The molecule has 8 heteroatoms. The Morgan fingerprint density at radius 3 is 2.45 bits per heavy atom. The Balaban J connectivity index is 1.75. The van der Waals surface area contributed by atoms with Crippen LogP contribution in [0.2, 0.25) is 5.02 Å². The van der Waals surface area contributed by atoms with Crippen LogP contribution in [0, 0.1) is 0 Å². The first-order valence-electron chi connectivity index (χ1n) is 8.55. The SMILES string of the molecule is O=C(O)c1ccccc1/C=N\NC(=O)c1cccn(Cc2ccc(Cl)cc2)c1=O. The molecule has 7 nitrogen and oxygen atoms in total. The number of benzene rings is 2. The number of carbonyl (C=O) groups is 2. The first kappa shape index (κ1) is 20.0. The number of carboxylic acid groups (broad SMARTS) is 1. The van der Waals surface area contributed by atoms with E-state index < -0.39 is 17.4 Å². The van der Waals surface area contributed by atoms with Gasteiger partial charge in [-0.3, -0.25) is 9.59 Å². The third-order valence-corrected chi connectivity index (χ3v) is 4.34. The van der Waals surface area contributed by atoms with Crippen molar-refractivity contribution in [3.05, 3.63) is 104 Å². The monoisotopic (exact) mass is 409 g/mol. The van der Waals surface area contributed by atoms with Gasteiger partial charge < -0.3 is 9.67 Å². The summed E-state index contributed by atoms with van der Waals surface area (Å²) >= 11 is 5.87. The summed E-state index contributed by atoms with van der Waals surface area (Å²) in [5.41, 5.74) is 2.95. The summed E-state index contributed by atoms with van der Waals surface area (Å²) in [6.07, 6.45) is 2.80. The molecule has 29 heavy (non-hydrogen) atoms. The van der Waals surface area contributed by atoms with Crippen LogP contribution in [-0.2, 0) is 6.54 Å². The minimum Gasteiger partial charge on any atom is -0.478 e. The molecule has 2 N–H and O–H groups in total. The first-order valence-corrected chi connectivity index (χ1v) is 8.93. The van der Waals surface area contributed by atoms with Gasteiger partial charge >= 0.3 is 5.97 Å². The minimum atomic E-state index is -1.11. The highest BCUT2D eigenvalue weighted by Crippen LogP contribution is 2.10. The fourth-order valence-electron chi connectivity index (χ4n) is 2.65. The van der Waals surface area contributed by atoms with Crippen LogP contribution in [0.4, 0.5) is 0 Å². The third kappa shape index (κ3) is 4.97. The summed E-state index contributed by atoms with van der Waals surface area (Å²) in [5, 5.41) is 13.5. The summed E-state index contributed by atoms with van der Waals surface area (Å²) in [6, 6.07) is 16.3. The van der Waals surface area contributed by atoms with Crippen molar-refractivity contribution in [3.63, 3.8) is 0 Å². The smallest absolute Gasteiger partial charge is 0.336 e. The lowest BCUT2D eigenvalue weighted by molar-refractivity contribution is 0.0696. The van der Waals surface area contributed by atoms with E-state index in [-0.39, 0.29) is 17.7 Å². The standard InChI is InChI=1S/C21H16ClN3O4/c22-16-9-7-14(8-10-16)13-25-11-3-6-18(20(25)27)19(26)24-23-12-15-4-1-2-5-17(15)21(28)29/h1-12H,13H2,(H,24,26)(H,28,29)/b23-12-. The number of nitrogens with zero attached hydrogens (tertiary/aromatic N) is 2. The largest absolute Gasteiger partial charge is 0.478 e. The van der Waals surface area contributed by atoms with Gasteiger partial charge in [0, 0.05) is 16.8 Å². The molecule has 0 aliphatic carbocycles. The second kappa shape index (κ2) is 8.99. The molecule has 0 bridgehead atoms. The number of rotatable bonds is 6. The predicted molar refractivity (Wildman–Crippen MR) is 110 cm³/mol. The number of carboxylic acids is 1. The van der Waals surface area contributed by atoms with Crippen molar-refractivity contribution >= 4 is 29.7 Å². The van der Waals surface area contributed by atoms with E-state index in [0.29, 0.717) is 10.6 Å². The van der Waals surface area contributed by atoms with Crippen LogP contribution in [0.3, 0.4) is 0 Å². The first-order chi connectivity index (χ1) is 14.0. The van der Waals surface area contributed by atoms with Crippen molar-refractivity contribution in [2.45, 2.75) is 6.54 Å². The van der Waals surface area contributed by atoms with E-state index in [1.165, 1.54) is 22.9 Å². The number of hydrazone groups is 1. The van der Waals surface area contributed by atoms with Crippen molar-refractivity contribution in [1.29, 1.82) is 0 Å². The van der Waals surface area contributed by atoms with E-state index in [1.54, 1.807) is 54.7 Å². The number of pyridine rings is 1. The minimum absolute atomic E-state index is 0.0514. The van der Waals surface area contributed by atoms with Gasteiger partial charge in [0.1, 0.15) is 5.56 Å². The van der Waals surface area contributed by atoms with Crippen LogP contribution in [0.5, 0.6) is 0 Å². The summed E-state index contributed by atoms with van der Waals surface area (Å²) in [4.78, 5) is 36.1. The lowest BCUT2D eigenvalue weighted by Gasteiger charge is -2.08. The average molecular weight is 410 g/mol. The normalized spacial score (nSPS) is 10.8. The van der Waals surface area contributed by atoms with Crippen LogP contribution in [-0.4, -0.2) is 27.8 Å². The highest BCUT2D eigenvalue weighted by atomic mass is 35.5. The second-order valence-electron chi connectivity index (χ2n) is 6.07. The van der Waals surface area contributed by atoms with Gasteiger partial charge in [-0.1, -0.05) is 41.9 Å². The number of halogens is 1. The Kier molecular flexibility index (Phi) is 6.21. The molecule has 2 aromatic carbocycles. The highest BCUT2D eigenvalue weighted by Gasteiger charge is 2.12. The maximum absolute atomic E-state index is 12.6. The molecule has 1 amide bonds. The molecule has 0 saturated carbocycles. The predicted octanol–water partition coefficient (Wildman–Crippen LogP) is 3.01. The Bertz CT molecular complexity index is 1140. The van der Waals surface area contributed by atoms with Gasteiger partial charge in [-0.2, -0.15) is 5.10 Å². The molecule has 0 saturated heterocycles. The maximum Gasteiger partial charge on any atom is 0.336 e. The van der Waals surface area contributed by atoms with Crippen molar-refractivity contribution in [3.8, 4) is 0 Å². The quantitative estimate of drug-likeness (QED) is 0.482.